The third-order valence-corrected chi connectivity index (χ3v) is 5.15. The van der Waals surface area contributed by atoms with E-state index in [0.717, 1.165) is 48.3 Å². The molecule has 3 heterocycles. The summed E-state index contributed by atoms with van der Waals surface area (Å²) in [5, 5.41) is 5.41. The summed E-state index contributed by atoms with van der Waals surface area (Å²) in [6.45, 7) is 4.95. The first-order valence-corrected chi connectivity index (χ1v) is 8.87. The first-order valence-electron chi connectivity index (χ1n) is 8.09. The van der Waals surface area contributed by atoms with Gasteiger partial charge in [0, 0.05) is 16.9 Å². The molecule has 5 nitrogen and oxygen atoms in total. The Morgan fingerprint density at radius 1 is 1.12 bits per heavy atom. The number of pyridine rings is 1. The molecule has 0 amide bonds. The van der Waals surface area contributed by atoms with Crippen LogP contribution < -0.4 is 9.80 Å². The minimum atomic E-state index is 0.760. The third kappa shape index (κ3) is 3.05. The highest BCUT2D eigenvalue weighted by molar-refractivity contribution is 7.71. The van der Waals surface area contributed by atoms with Crippen molar-refractivity contribution in [3.8, 4) is 0 Å². The second-order valence-electron chi connectivity index (χ2n) is 6.09. The number of hydrogen-bond donors (Lipinski definition) is 1. The van der Waals surface area contributed by atoms with Crippen molar-refractivity contribution in [1.29, 1.82) is 0 Å². The Balaban J connectivity index is 1.44. The van der Waals surface area contributed by atoms with Gasteiger partial charge in [-0.25, -0.2) is 0 Å². The van der Waals surface area contributed by atoms with Gasteiger partial charge in [-0.1, -0.05) is 23.7 Å². The number of aromatic nitrogens is 3. The Bertz CT molecular complexity index is 910. The van der Waals surface area contributed by atoms with Gasteiger partial charge in [-0.3, -0.25) is 4.40 Å². The number of nitrogens with one attached hydrogen (secondary N) is 1. The van der Waals surface area contributed by atoms with Gasteiger partial charge in [0.25, 0.3) is 0 Å². The van der Waals surface area contributed by atoms with Crippen molar-refractivity contribution in [2.45, 2.75) is 6.67 Å². The van der Waals surface area contributed by atoms with E-state index in [4.69, 9.17) is 23.8 Å². The van der Waals surface area contributed by atoms with E-state index in [0.29, 0.717) is 0 Å². The Kier molecular flexibility index (Phi) is 4.26. The van der Waals surface area contributed by atoms with Crippen LogP contribution in [0.1, 0.15) is 0 Å². The molecular weight excluding hydrogens is 342 g/mol. The van der Waals surface area contributed by atoms with Crippen LogP contribution >= 0.6 is 23.8 Å². The number of fused-ring (bicyclic) bond motifs is 1. The number of piperazine rings is 1. The van der Waals surface area contributed by atoms with Crippen molar-refractivity contribution < 1.29 is 4.90 Å². The van der Waals surface area contributed by atoms with Crippen LogP contribution in [-0.4, -0.2) is 40.4 Å². The molecule has 7 heteroatoms. The average Bonchev–Trinajstić information content (AvgIpc) is 2.92. The molecule has 24 heavy (non-hydrogen) atoms. The van der Waals surface area contributed by atoms with Crippen LogP contribution in [0.5, 0.6) is 0 Å². The molecule has 4 rings (SSSR count). The number of nitrogens with zero attached hydrogens (tertiary/aromatic N) is 4. The molecular formula is C17H19ClN5S+. The van der Waals surface area contributed by atoms with E-state index in [-0.39, 0.29) is 0 Å². The number of rotatable bonds is 3. The lowest BCUT2D eigenvalue weighted by atomic mass is 10.2. The highest BCUT2D eigenvalue weighted by atomic mass is 35.5. The van der Waals surface area contributed by atoms with Crippen LogP contribution in [0.25, 0.3) is 5.65 Å². The fourth-order valence-electron chi connectivity index (χ4n) is 3.19. The summed E-state index contributed by atoms with van der Waals surface area (Å²) < 4.78 is 4.65. The standard InChI is InChI=1S/C17H18ClN5S/c18-14-4-3-5-15(12-14)21-10-8-20(9-11-21)13-23-17(24)22-7-2-1-6-16(22)19-23/h1-7,12H,8-11,13H2/p+1. The molecule has 1 aromatic carbocycles. The van der Waals surface area contributed by atoms with Crippen molar-refractivity contribution in [2.75, 3.05) is 31.1 Å². The minimum absolute atomic E-state index is 0.760. The summed E-state index contributed by atoms with van der Waals surface area (Å²) in [4.78, 5) is 3.88. The largest absolute Gasteiger partial charge is 0.360 e. The number of benzene rings is 1. The van der Waals surface area contributed by atoms with E-state index in [1.54, 1.807) is 0 Å². The van der Waals surface area contributed by atoms with Crippen molar-refractivity contribution in [3.63, 3.8) is 0 Å². The van der Waals surface area contributed by atoms with E-state index >= 15 is 0 Å². The van der Waals surface area contributed by atoms with Gasteiger partial charge in [0.15, 0.2) is 12.3 Å². The fourth-order valence-corrected chi connectivity index (χ4v) is 3.64. The first-order chi connectivity index (χ1) is 11.7. The predicted octanol–water partition coefficient (Wildman–Crippen LogP) is 1.88. The molecule has 0 aliphatic carbocycles. The number of hydrogen-bond acceptors (Lipinski definition) is 3. The number of quaternary nitrogens is 1. The summed E-state index contributed by atoms with van der Waals surface area (Å²) in [6.07, 6.45) is 1.97. The monoisotopic (exact) mass is 360 g/mol. The van der Waals surface area contributed by atoms with Crippen LogP contribution in [0.15, 0.2) is 48.7 Å². The molecule has 0 bridgehead atoms. The van der Waals surface area contributed by atoms with Gasteiger partial charge in [-0.05, 0) is 42.5 Å². The summed E-state index contributed by atoms with van der Waals surface area (Å²) in [5.41, 5.74) is 2.10. The maximum Gasteiger partial charge on any atom is 0.207 e. The number of halogens is 1. The van der Waals surface area contributed by atoms with Crippen LogP contribution in [-0.2, 0) is 6.67 Å². The summed E-state index contributed by atoms with van der Waals surface area (Å²) >= 11 is 11.6. The average molecular weight is 361 g/mol. The van der Waals surface area contributed by atoms with Crippen molar-refractivity contribution in [2.24, 2.45) is 0 Å². The third-order valence-electron chi connectivity index (χ3n) is 4.51. The molecule has 2 aromatic heterocycles. The maximum absolute atomic E-state index is 6.10. The molecule has 1 N–H and O–H groups in total. The zero-order valence-electron chi connectivity index (χ0n) is 13.2. The van der Waals surface area contributed by atoms with Gasteiger partial charge in [-0.15, -0.1) is 5.10 Å². The quantitative estimate of drug-likeness (QED) is 0.723. The molecule has 0 saturated carbocycles. The van der Waals surface area contributed by atoms with Gasteiger partial charge in [0.05, 0.1) is 26.2 Å². The number of anilines is 1. The van der Waals surface area contributed by atoms with Crippen LogP contribution in [0, 0.1) is 4.77 Å². The van der Waals surface area contributed by atoms with Crippen LogP contribution in [0.4, 0.5) is 5.69 Å². The van der Waals surface area contributed by atoms with E-state index in [2.05, 4.69) is 16.1 Å². The molecule has 0 spiro atoms. The topological polar surface area (TPSA) is 29.9 Å². The van der Waals surface area contributed by atoms with E-state index in [1.807, 2.05) is 51.7 Å². The van der Waals surface area contributed by atoms with E-state index < -0.39 is 0 Å². The van der Waals surface area contributed by atoms with Gasteiger partial charge < -0.3 is 9.80 Å². The second-order valence-corrected chi connectivity index (χ2v) is 6.89. The Morgan fingerprint density at radius 3 is 2.71 bits per heavy atom. The van der Waals surface area contributed by atoms with Crippen LogP contribution in [0.2, 0.25) is 5.02 Å². The SMILES string of the molecule is S=c1n(C[NH+]2CCN(c3cccc(Cl)c3)CC2)nc2ccccn12. The van der Waals surface area contributed by atoms with Gasteiger partial charge in [0.1, 0.15) is 0 Å². The Labute approximate surface area is 150 Å². The molecule has 1 saturated heterocycles. The van der Waals surface area contributed by atoms with Gasteiger partial charge in [0.2, 0.25) is 4.77 Å². The smallest absolute Gasteiger partial charge is 0.207 e. The molecule has 124 valence electrons. The fraction of sp³-hybridized carbons (Fsp3) is 0.294. The lowest BCUT2D eigenvalue weighted by Crippen LogP contribution is -3.14. The second kappa shape index (κ2) is 6.55. The summed E-state index contributed by atoms with van der Waals surface area (Å²) in [7, 11) is 0. The minimum Gasteiger partial charge on any atom is -0.360 e. The predicted molar refractivity (Wildman–Crippen MR) is 98.4 cm³/mol. The molecule has 1 fully saturated rings. The Morgan fingerprint density at radius 2 is 1.96 bits per heavy atom. The molecule has 0 unspecified atom stereocenters. The normalized spacial score (nSPS) is 16.0. The zero-order chi connectivity index (χ0) is 16.5. The van der Waals surface area contributed by atoms with Crippen LogP contribution in [0.3, 0.4) is 0 Å². The summed E-state index contributed by atoms with van der Waals surface area (Å²) in [5.74, 6) is 0. The molecule has 0 radical (unpaired) electrons. The molecule has 3 aromatic rings. The summed E-state index contributed by atoms with van der Waals surface area (Å²) in [6, 6.07) is 14.0. The van der Waals surface area contributed by atoms with Gasteiger partial charge >= 0.3 is 0 Å². The molecule has 1 aliphatic heterocycles. The van der Waals surface area contributed by atoms with Crippen molar-refractivity contribution >= 4 is 35.2 Å². The molecule has 0 atom stereocenters. The van der Waals surface area contributed by atoms with Gasteiger partial charge in [-0.2, -0.15) is 4.68 Å². The zero-order valence-corrected chi connectivity index (χ0v) is 14.8. The lowest BCUT2D eigenvalue weighted by Gasteiger charge is -2.33. The first kappa shape index (κ1) is 15.6. The maximum atomic E-state index is 6.10. The lowest BCUT2D eigenvalue weighted by molar-refractivity contribution is -0.924. The highest BCUT2D eigenvalue weighted by Crippen LogP contribution is 2.19. The van der Waals surface area contributed by atoms with E-state index in [9.17, 15) is 0 Å². The highest BCUT2D eigenvalue weighted by Gasteiger charge is 2.21. The Hall–Kier alpha value is -1.89. The van der Waals surface area contributed by atoms with Crippen molar-refractivity contribution in [1.82, 2.24) is 14.2 Å². The molecule has 1 aliphatic rings. The van der Waals surface area contributed by atoms with Crippen molar-refractivity contribution in [3.05, 3.63) is 58.5 Å². The van der Waals surface area contributed by atoms with E-state index in [1.165, 1.54) is 10.6 Å².